The standard InChI is InChI=1S/C15H15NO2/c1-10-4-3-5-13(14(10)15(17)18-2)11-6-8-12(16)9-7-11/h3-9H,16H2,1-2H3. The number of rotatable bonds is 2. The van der Waals surface area contributed by atoms with Crippen LogP contribution in [-0.2, 0) is 4.74 Å². The van der Waals surface area contributed by atoms with E-state index in [1.54, 1.807) is 0 Å². The number of hydrogen-bond acceptors (Lipinski definition) is 3. The summed E-state index contributed by atoms with van der Waals surface area (Å²) in [6, 6.07) is 13.2. The van der Waals surface area contributed by atoms with E-state index in [2.05, 4.69) is 0 Å². The molecular weight excluding hydrogens is 226 g/mol. The van der Waals surface area contributed by atoms with Crippen molar-refractivity contribution in [3.8, 4) is 11.1 Å². The number of carbonyl (C=O) groups is 1. The first-order valence-corrected chi connectivity index (χ1v) is 5.67. The normalized spacial score (nSPS) is 10.1. The summed E-state index contributed by atoms with van der Waals surface area (Å²) in [6.45, 7) is 1.90. The number of esters is 1. The average molecular weight is 241 g/mol. The Morgan fingerprint density at radius 1 is 1.11 bits per heavy atom. The Balaban J connectivity index is 2.60. The summed E-state index contributed by atoms with van der Waals surface area (Å²) >= 11 is 0. The first-order valence-electron chi connectivity index (χ1n) is 5.67. The van der Waals surface area contributed by atoms with Gasteiger partial charge in [0.1, 0.15) is 0 Å². The molecule has 0 heterocycles. The van der Waals surface area contributed by atoms with Crippen molar-refractivity contribution in [1.29, 1.82) is 0 Å². The van der Waals surface area contributed by atoms with Gasteiger partial charge in [0, 0.05) is 5.69 Å². The lowest BCUT2D eigenvalue weighted by atomic mass is 9.96. The summed E-state index contributed by atoms with van der Waals surface area (Å²) in [4.78, 5) is 11.8. The van der Waals surface area contributed by atoms with Crippen molar-refractivity contribution >= 4 is 11.7 Å². The number of aryl methyl sites for hydroxylation is 1. The topological polar surface area (TPSA) is 52.3 Å². The smallest absolute Gasteiger partial charge is 0.338 e. The Kier molecular flexibility index (Phi) is 3.33. The molecule has 3 heteroatoms. The summed E-state index contributed by atoms with van der Waals surface area (Å²) in [5.74, 6) is -0.320. The lowest BCUT2D eigenvalue weighted by Gasteiger charge is -2.11. The number of nitrogen functional groups attached to an aromatic ring is 1. The SMILES string of the molecule is COC(=O)c1c(C)cccc1-c1ccc(N)cc1. The van der Waals surface area contributed by atoms with Gasteiger partial charge >= 0.3 is 5.97 Å². The molecule has 3 nitrogen and oxygen atoms in total. The molecule has 2 aromatic carbocycles. The van der Waals surface area contributed by atoms with E-state index in [1.165, 1.54) is 7.11 Å². The first-order chi connectivity index (χ1) is 8.63. The maximum absolute atomic E-state index is 11.8. The third-order valence-electron chi connectivity index (χ3n) is 2.88. The van der Waals surface area contributed by atoms with Gasteiger partial charge in [-0.2, -0.15) is 0 Å². The average Bonchev–Trinajstić information content (AvgIpc) is 2.38. The lowest BCUT2D eigenvalue weighted by Crippen LogP contribution is -2.06. The molecule has 0 aliphatic carbocycles. The Hall–Kier alpha value is -2.29. The van der Waals surface area contributed by atoms with Gasteiger partial charge in [-0.15, -0.1) is 0 Å². The minimum atomic E-state index is -0.320. The van der Waals surface area contributed by atoms with Gasteiger partial charge in [-0.3, -0.25) is 0 Å². The van der Waals surface area contributed by atoms with Gasteiger partial charge in [-0.05, 0) is 35.7 Å². The molecule has 2 N–H and O–H groups in total. The molecule has 0 saturated heterocycles. The lowest BCUT2D eigenvalue weighted by molar-refractivity contribution is 0.0601. The van der Waals surface area contributed by atoms with E-state index in [9.17, 15) is 4.79 Å². The highest BCUT2D eigenvalue weighted by atomic mass is 16.5. The van der Waals surface area contributed by atoms with E-state index in [1.807, 2.05) is 49.4 Å². The highest BCUT2D eigenvalue weighted by Gasteiger charge is 2.15. The van der Waals surface area contributed by atoms with E-state index in [0.29, 0.717) is 11.3 Å². The van der Waals surface area contributed by atoms with Gasteiger partial charge in [-0.1, -0.05) is 30.3 Å². The molecule has 0 saturated carbocycles. The fraction of sp³-hybridized carbons (Fsp3) is 0.133. The second-order valence-corrected chi connectivity index (χ2v) is 4.11. The van der Waals surface area contributed by atoms with Crippen LogP contribution in [0.1, 0.15) is 15.9 Å². The number of methoxy groups -OCH3 is 1. The summed E-state index contributed by atoms with van der Waals surface area (Å²) in [6.07, 6.45) is 0. The second-order valence-electron chi connectivity index (χ2n) is 4.11. The van der Waals surface area contributed by atoms with Crippen molar-refractivity contribution in [3.05, 3.63) is 53.6 Å². The second kappa shape index (κ2) is 4.92. The molecule has 0 amide bonds. The van der Waals surface area contributed by atoms with Gasteiger partial charge in [0.2, 0.25) is 0 Å². The highest BCUT2D eigenvalue weighted by molar-refractivity contribution is 5.98. The zero-order chi connectivity index (χ0) is 13.1. The molecule has 92 valence electrons. The fourth-order valence-corrected chi connectivity index (χ4v) is 1.94. The highest BCUT2D eigenvalue weighted by Crippen LogP contribution is 2.27. The summed E-state index contributed by atoms with van der Waals surface area (Å²) < 4.78 is 4.84. The van der Waals surface area contributed by atoms with Crippen LogP contribution in [0.4, 0.5) is 5.69 Å². The van der Waals surface area contributed by atoms with Gasteiger partial charge < -0.3 is 10.5 Å². The molecule has 0 fully saturated rings. The Morgan fingerprint density at radius 2 is 1.78 bits per heavy atom. The third-order valence-corrected chi connectivity index (χ3v) is 2.88. The van der Waals surface area contributed by atoms with Crippen molar-refractivity contribution in [2.24, 2.45) is 0 Å². The maximum Gasteiger partial charge on any atom is 0.338 e. The zero-order valence-electron chi connectivity index (χ0n) is 10.4. The third kappa shape index (κ3) is 2.20. The minimum Gasteiger partial charge on any atom is -0.465 e. The molecule has 18 heavy (non-hydrogen) atoms. The Morgan fingerprint density at radius 3 is 2.39 bits per heavy atom. The number of hydrogen-bond donors (Lipinski definition) is 1. The number of ether oxygens (including phenoxy) is 1. The van der Waals surface area contributed by atoms with Crippen LogP contribution < -0.4 is 5.73 Å². The minimum absolute atomic E-state index is 0.320. The van der Waals surface area contributed by atoms with E-state index in [-0.39, 0.29) is 5.97 Å². The van der Waals surface area contributed by atoms with Crippen LogP contribution in [-0.4, -0.2) is 13.1 Å². The summed E-state index contributed by atoms with van der Waals surface area (Å²) in [5, 5.41) is 0. The molecule has 0 spiro atoms. The van der Waals surface area contributed by atoms with E-state index < -0.39 is 0 Å². The van der Waals surface area contributed by atoms with Crippen LogP contribution in [0, 0.1) is 6.92 Å². The molecular formula is C15H15NO2. The van der Waals surface area contributed by atoms with E-state index >= 15 is 0 Å². The first kappa shape index (κ1) is 12.2. The molecule has 0 aliphatic rings. The van der Waals surface area contributed by atoms with Crippen molar-refractivity contribution < 1.29 is 9.53 Å². The molecule has 0 unspecified atom stereocenters. The largest absolute Gasteiger partial charge is 0.465 e. The molecule has 0 aliphatic heterocycles. The van der Waals surface area contributed by atoms with Crippen LogP contribution >= 0.6 is 0 Å². The molecule has 0 atom stereocenters. The summed E-state index contributed by atoms with van der Waals surface area (Å²) in [5.41, 5.74) is 9.68. The van der Waals surface area contributed by atoms with E-state index in [4.69, 9.17) is 10.5 Å². The van der Waals surface area contributed by atoms with Crippen LogP contribution in [0.3, 0.4) is 0 Å². The molecule has 0 aromatic heterocycles. The van der Waals surface area contributed by atoms with Crippen LogP contribution in [0.5, 0.6) is 0 Å². The number of carbonyl (C=O) groups excluding carboxylic acids is 1. The number of nitrogens with two attached hydrogens (primary N) is 1. The van der Waals surface area contributed by atoms with Gasteiger partial charge in [0.15, 0.2) is 0 Å². The van der Waals surface area contributed by atoms with Crippen LogP contribution in [0.2, 0.25) is 0 Å². The number of anilines is 1. The maximum atomic E-state index is 11.8. The van der Waals surface area contributed by atoms with Gasteiger partial charge in [0.05, 0.1) is 12.7 Å². The van der Waals surface area contributed by atoms with Gasteiger partial charge in [-0.25, -0.2) is 4.79 Å². The van der Waals surface area contributed by atoms with Crippen molar-refractivity contribution in [3.63, 3.8) is 0 Å². The van der Waals surface area contributed by atoms with Crippen LogP contribution in [0.15, 0.2) is 42.5 Å². The molecule has 0 bridgehead atoms. The fourth-order valence-electron chi connectivity index (χ4n) is 1.94. The van der Waals surface area contributed by atoms with Gasteiger partial charge in [0.25, 0.3) is 0 Å². The van der Waals surface area contributed by atoms with Crippen molar-refractivity contribution in [2.75, 3.05) is 12.8 Å². The summed E-state index contributed by atoms with van der Waals surface area (Å²) in [7, 11) is 1.39. The predicted octanol–water partition coefficient (Wildman–Crippen LogP) is 3.03. The Labute approximate surface area is 106 Å². The van der Waals surface area contributed by atoms with Crippen LogP contribution in [0.25, 0.3) is 11.1 Å². The van der Waals surface area contributed by atoms with E-state index in [0.717, 1.165) is 16.7 Å². The number of benzene rings is 2. The molecule has 2 aromatic rings. The molecule has 2 rings (SSSR count). The predicted molar refractivity (Wildman–Crippen MR) is 72.4 cm³/mol. The molecule has 0 radical (unpaired) electrons. The zero-order valence-corrected chi connectivity index (χ0v) is 10.4. The van der Waals surface area contributed by atoms with Crippen molar-refractivity contribution in [1.82, 2.24) is 0 Å². The monoisotopic (exact) mass is 241 g/mol. The quantitative estimate of drug-likeness (QED) is 0.649. The van der Waals surface area contributed by atoms with Crippen molar-refractivity contribution in [2.45, 2.75) is 6.92 Å². The Bertz CT molecular complexity index is 574.